The fraction of sp³-hybridized carbons (Fsp3) is 0.273. The Morgan fingerprint density at radius 2 is 1.69 bits per heavy atom. The molecule has 0 saturated heterocycles. The number of ether oxygens (including phenoxy) is 3. The smallest absolute Gasteiger partial charge is 0.220 e. The van der Waals surface area contributed by atoms with Gasteiger partial charge in [0.15, 0.2) is 11.5 Å². The number of aryl methyl sites for hydroxylation is 1. The molecule has 1 heterocycles. The summed E-state index contributed by atoms with van der Waals surface area (Å²) in [6, 6.07) is 13.5. The van der Waals surface area contributed by atoms with E-state index in [2.05, 4.69) is 10.4 Å². The van der Waals surface area contributed by atoms with Gasteiger partial charge in [0.2, 0.25) is 11.7 Å². The summed E-state index contributed by atoms with van der Waals surface area (Å²) in [4.78, 5) is 12.3. The average Bonchev–Trinajstić information content (AvgIpc) is 3.25. The molecular formula is C22H25N3O4. The van der Waals surface area contributed by atoms with Gasteiger partial charge < -0.3 is 19.5 Å². The molecule has 0 unspecified atom stereocenters. The lowest BCUT2D eigenvalue weighted by Crippen LogP contribution is -2.23. The Bertz CT molecular complexity index is 929. The maximum Gasteiger partial charge on any atom is 0.220 e. The van der Waals surface area contributed by atoms with Gasteiger partial charge in [-0.2, -0.15) is 5.10 Å². The van der Waals surface area contributed by atoms with E-state index in [1.807, 2.05) is 53.3 Å². The predicted molar refractivity (Wildman–Crippen MR) is 110 cm³/mol. The lowest BCUT2D eigenvalue weighted by atomic mass is 10.1. The number of hydrogen-bond donors (Lipinski definition) is 1. The molecule has 0 saturated carbocycles. The Kier molecular flexibility index (Phi) is 6.73. The molecule has 0 atom stereocenters. The van der Waals surface area contributed by atoms with Gasteiger partial charge in [0.25, 0.3) is 0 Å². The van der Waals surface area contributed by atoms with Crippen LogP contribution in [0.5, 0.6) is 17.2 Å². The Balaban J connectivity index is 1.55. The number of aromatic nitrogens is 2. The first-order valence-electron chi connectivity index (χ1n) is 9.29. The van der Waals surface area contributed by atoms with Gasteiger partial charge in [-0.05, 0) is 41.8 Å². The van der Waals surface area contributed by atoms with E-state index in [9.17, 15) is 4.79 Å². The van der Waals surface area contributed by atoms with Crippen molar-refractivity contribution in [2.45, 2.75) is 19.4 Å². The van der Waals surface area contributed by atoms with E-state index < -0.39 is 0 Å². The van der Waals surface area contributed by atoms with Crippen molar-refractivity contribution in [2.75, 3.05) is 21.3 Å². The van der Waals surface area contributed by atoms with Crippen LogP contribution in [-0.4, -0.2) is 37.0 Å². The van der Waals surface area contributed by atoms with E-state index in [1.54, 1.807) is 27.5 Å². The summed E-state index contributed by atoms with van der Waals surface area (Å²) in [5, 5.41) is 7.29. The highest BCUT2D eigenvalue weighted by molar-refractivity contribution is 5.76. The molecule has 7 heteroatoms. The molecule has 152 valence electrons. The van der Waals surface area contributed by atoms with Crippen molar-refractivity contribution in [3.05, 3.63) is 66.0 Å². The maximum absolute atomic E-state index is 12.3. The Labute approximate surface area is 170 Å². The third kappa shape index (κ3) is 5.07. The number of amides is 1. The Hall–Kier alpha value is -3.48. The third-order valence-corrected chi connectivity index (χ3v) is 4.51. The largest absolute Gasteiger partial charge is 0.493 e. The zero-order valence-corrected chi connectivity index (χ0v) is 16.8. The number of methoxy groups -OCH3 is 3. The van der Waals surface area contributed by atoms with Crippen LogP contribution < -0.4 is 19.5 Å². The van der Waals surface area contributed by atoms with Crippen LogP contribution in [0, 0.1) is 0 Å². The van der Waals surface area contributed by atoms with Gasteiger partial charge in [-0.25, -0.2) is 4.68 Å². The molecular weight excluding hydrogens is 370 g/mol. The summed E-state index contributed by atoms with van der Waals surface area (Å²) in [5.41, 5.74) is 2.87. The Morgan fingerprint density at radius 1 is 1.00 bits per heavy atom. The van der Waals surface area contributed by atoms with Gasteiger partial charge in [0.1, 0.15) is 0 Å². The van der Waals surface area contributed by atoms with Crippen molar-refractivity contribution in [1.29, 1.82) is 0 Å². The van der Waals surface area contributed by atoms with Gasteiger partial charge in [0.05, 0.1) is 33.2 Å². The average molecular weight is 395 g/mol. The molecule has 3 aromatic rings. The van der Waals surface area contributed by atoms with Crippen LogP contribution >= 0.6 is 0 Å². The Morgan fingerprint density at radius 3 is 2.31 bits per heavy atom. The van der Waals surface area contributed by atoms with E-state index in [4.69, 9.17) is 14.2 Å². The van der Waals surface area contributed by atoms with Crippen LogP contribution in [0.25, 0.3) is 5.69 Å². The topological polar surface area (TPSA) is 74.6 Å². The number of nitrogens with one attached hydrogen (secondary N) is 1. The lowest BCUT2D eigenvalue weighted by Gasteiger charge is -2.14. The molecule has 3 rings (SSSR count). The highest BCUT2D eigenvalue weighted by Crippen LogP contribution is 2.38. The molecule has 0 bridgehead atoms. The molecule has 7 nitrogen and oxygen atoms in total. The van der Waals surface area contributed by atoms with Crippen LogP contribution in [-0.2, 0) is 17.8 Å². The SMILES string of the molecule is COc1cc(CNC(=O)CCc2cnn(-c3ccccc3)c2)cc(OC)c1OC. The van der Waals surface area contributed by atoms with Crippen LogP contribution in [0.4, 0.5) is 0 Å². The highest BCUT2D eigenvalue weighted by Gasteiger charge is 2.13. The van der Waals surface area contributed by atoms with Gasteiger partial charge in [-0.15, -0.1) is 0 Å². The van der Waals surface area contributed by atoms with E-state index in [0.29, 0.717) is 36.6 Å². The van der Waals surface area contributed by atoms with Crippen LogP contribution in [0.1, 0.15) is 17.5 Å². The summed E-state index contributed by atoms with van der Waals surface area (Å²) in [6.07, 6.45) is 4.74. The molecule has 1 amide bonds. The molecule has 0 aliphatic heterocycles. The van der Waals surface area contributed by atoms with Crippen LogP contribution in [0.3, 0.4) is 0 Å². The molecule has 0 aliphatic rings. The molecule has 29 heavy (non-hydrogen) atoms. The summed E-state index contributed by atoms with van der Waals surface area (Å²) < 4.78 is 17.8. The van der Waals surface area contributed by atoms with Gasteiger partial charge in [-0.3, -0.25) is 4.79 Å². The van der Waals surface area contributed by atoms with Crippen molar-refractivity contribution in [1.82, 2.24) is 15.1 Å². The van der Waals surface area contributed by atoms with Crippen molar-refractivity contribution < 1.29 is 19.0 Å². The number of carbonyl (C=O) groups excluding carboxylic acids is 1. The second kappa shape index (κ2) is 9.64. The molecule has 0 aliphatic carbocycles. The van der Waals surface area contributed by atoms with E-state index in [0.717, 1.165) is 16.8 Å². The second-order valence-electron chi connectivity index (χ2n) is 6.44. The minimum Gasteiger partial charge on any atom is -0.493 e. The number of hydrogen-bond acceptors (Lipinski definition) is 5. The third-order valence-electron chi connectivity index (χ3n) is 4.51. The number of para-hydroxylation sites is 1. The fourth-order valence-corrected chi connectivity index (χ4v) is 3.00. The molecule has 1 aromatic heterocycles. The fourth-order valence-electron chi connectivity index (χ4n) is 3.00. The van der Waals surface area contributed by atoms with E-state index in [1.165, 1.54) is 0 Å². The lowest BCUT2D eigenvalue weighted by molar-refractivity contribution is -0.121. The number of benzene rings is 2. The van der Waals surface area contributed by atoms with Crippen molar-refractivity contribution in [2.24, 2.45) is 0 Å². The van der Waals surface area contributed by atoms with Crippen molar-refractivity contribution >= 4 is 5.91 Å². The highest BCUT2D eigenvalue weighted by atomic mass is 16.5. The standard InChI is InChI=1S/C22H25N3O4/c1-27-19-11-17(12-20(28-2)22(19)29-3)13-23-21(26)10-9-16-14-24-25(15-16)18-7-5-4-6-8-18/h4-8,11-12,14-15H,9-10,13H2,1-3H3,(H,23,26). The number of carbonyl (C=O) groups is 1. The zero-order chi connectivity index (χ0) is 20.6. The minimum absolute atomic E-state index is 0.0359. The first-order valence-corrected chi connectivity index (χ1v) is 9.29. The van der Waals surface area contributed by atoms with Crippen molar-refractivity contribution in [3.8, 4) is 22.9 Å². The summed E-state index contributed by atoms with van der Waals surface area (Å²) in [6.45, 7) is 0.374. The van der Waals surface area contributed by atoms with Crippen LogP contribution in [0.15, 0.2) is 54.9 Å². The summed E-state index contributed by atoms with van der Waals surface area (Å²) in [5.74, 6) is 1.61. The normalized spacial score (nSPS) is 10.4. The van der Waals surface area contributed by atoms with Gasteiger partial charge in [0, 0.05) is 19.2 Å². The maximum atomic E-state index is 12.3. The quantitative estimate of drug-likeness (QED) is 0.602. The van der Waals surface area contributed by atoms with E-state index in [-0.39, 0.29) is 5.91 Å². The van der Waals surface area contributed by atoms with Crippen molar-refractivity contribution in [3.63, 3.8) is 0 Å². The molecule has 0 radical (unpaired) electrons. The zero-order valence-electron chi connectivity index (χ0n) is 16.8. The number of rotatable bonds is 9. The molecule has 1 N–H and O–H groups in total. The summed E-state index contributed by atoms with van der Waals surface area (Å²) in [7, 11) is 4.69. The van der Waals surface area contributed by atoms with Crippen LogP contribution in [0.2, 0.25) is 0 Å². The molecule has 0 fully saturated rings. The first kappa shape index (κ1) is 20.3. The number of nitrogens with zero attached hydrogens (tertiary/aromatic N) is 2. The minimum atomic E-state index is -0.0359. The van der Waals surface area contributed by atoms with E-state index >= 15 is 0 Å². The molecule has 0 spiro atoms. The second-order valence-corrected chi connectivity index (χ2v) is 6.44. The first-order chi connectivity index (χ1) is 14.1. The van der Waals surface area contributed by atoms with Gasteiger partial charge in [-0.1, -0.05) is 18.2 Å². The monoisotopic (exact) mass is 395 g/mol. The summed E-state index contributed by atoms with van der Waals surface area (Å²) >= 11 is 0. The molecule has 2 aromatic carbocycles. The predicted octanol–water partition coefficient (Wildman–Crippen LogP) is 3.15. The van der Waals surface area contributed by atoms with Gasteiger partial charge >= 0.3 is 0 Å².